The maximum Gasteiger partial charge on any atom is 0.348 e. The van der Waals surface area contributed by atoms with Crippen LogP contribution in [-0.2, 0) is 19.1 Å². The summed E-state index contributed by atoms with van der Waals surface area (Å²) in [5.41, 5.74) is 2.09. The maximum atomic E-state index is 12.8. The number of rotatable bonds is 10. The standard InChI is InChI=1S/C25H30O5/c1-6-10-22(24(26)28-17(2)3)23(25(27)29-18(4)5)30-21-15-13-20(14-16-21)19-11-8-7-9-12-19/h6-9,11-18,22-23H,1,10H2,2-5H3/t22-,23+/m0/s1. The number of allylic oxidation sites excluding steroid dienone is 1. The van der Waals surface area contributed by atoms with Crippen molar-refractivity contribution < 1.29 is 23.8 Å². The third kappa shape index (κ3) is 6.76. The van der Waals surface area contributed by atoms with Gasteiger partial charge in [0.05, 0.1) is 12.2 Å². The lowest BCUT2D eigenvalue weighted by Crippen LogP contribution is -2.42. The first kappa shape index (κ1) is 23.2. The Labute approximate surface area is 178 Å². The van der Waals surface area contributed by atoms with Crippen LogP contribution >= 0.6 is 0 Å². The normalized spacial score (nSPS) is 12.9. The molecule has 0 saturated heterocycles. The van der Waals surface area contributed by atoms with Crippen molar-refractivity contribution in [2.45, 2.75) is 52.4 Å². The van der Waals surface area contributed by atoms with Gasteiger partial charge >= 0.3 is 11.9 Å². The van der Waals surface area contributed by atoms with Crippen molar-refractivity contribution in [3.63, 3.8) is 0 Å². The second-order valence-corrected chi connectivity index (χ2v) is 7.53. The molecule has 0 aliphatic rings. The lowest BCUT2D eigenvalue weighted by molar-refractivity contribution is -0.168. The molecule has 0 saturated carbocycles. The van der Waals surface area contributed by atoms with E-state index in [2.05, 4.69) is 6.58 Å². The fourth-order valence-corrected chi connectivity index (χ4v) is 2.94. The molecule has 2 aromatic rings. The number of benzene rings is 2. The van der Waals surface area contributed by atoms with Crippen molar-refractivity contribution in [2.24, 2.45) is 5.92 Å². The molecule has 0 amide bonds. The maximum absolute atomic E-state index is 12.8. The van der Waals surface area contributed by atoms with Gasteiger partial charge in [0.1, 0.15) is 11.7 Å². The van der Waals surface area contributed by atoms with Gasteiger partial charge in [0.15, 0.2) is 0 Å². The van der Waals surface area contributed by atoms with Gasteiger partial charge in [-0.05, 0) is 57.4 Å². The van der Waals surface area contributed by atoms with Gasteiger partial charge in [0.2, 0.25) is 6.10 Å². The van der Waals surface area contributed by atoms with E-state index in [0.717, 1.165) is 11.1 Å². The predicted octanol–water partition coefficient (Wildman–Crippen LogP) is 5.20. The quantitative estimate of drug-likeness (QED) is 0.398. The van der Waals surface area contributed by atoms with Gasteiger partial charge in [0, 0.05) is 0 Å². The van der Waals surface area contributed by atoms with Gasteiger partial charge in [-0.3, -0.25) is 4.79 Å². The number of esters is 2. The Hall–Kier alpha value is -3.08. The third-order valence-corrected chi connectivity index (χ3v) is 4.25. The average molecular weight is 411 g/mol. The van der Waals surface area contributed by atoms with E-state index < -0.39 is 24.0 Å². The van der Waals surface area contributed by atoms with E-state index in [0.29, 0.717) is 5.75 Å². The zero-order chi connectivity index (χ0) is 22.1. The molecule has 0 fully saturated rings. The highest BCUT2D eigenvalue weighted by molar-refractivity contribution is 5.84. The molecule has 2 atom stereocenters. The molecule has 2 rings (SSSR count). The first-order valence-corrected chi connectivity index (χ1v) is 10.2. The Kier molecular flexibility index (Phi) is 8.66. The Balaban J connectivity index is 2.28. The summed E-state index contributed by atoms with van der Waals surface area (Å²) in [6.07, 6.45) is 0.0143. The molecule has 0 aliphatic heterocycles. The molecule has 0 unspecified atom stereocenters. The van der Waals surface area contributed by atoms with Crippen LogP contribution in [0.1, 0.15) is 34.1 Å². The fraction of sp³-hybridized carbons (Fsp3) is 0.360. The molecular weight excluding hydrogens is 380 g/mol. The zero-order valence-corrected chi connectivity index (χ0v) is 18.0. The molecule has 2 aromatic carbocycles. The summed E-state index contributed by atoms with van der Waals surface area (Å²) >= 11 is 0. The van der Waals surface area contributed by atoms with E-state index >= 15 is 0 Å². The van der Waals surface area contributed by atoms with Crippen molar-refractivity contribution in [1.82, 2.24) is 0 Å². The van der Waals surface area contributed by atoms with Crippen LogP contribution < -0.4 is 4.74 Å². The molecule has 5 heteroatoms. The van der Waals surface area contributed by atoms with Gasteiger partial charge in [-0.1, -0.05) is 48.5 Å². The third-order valence-electron chi connectivity index (χ3n) is 4.25. The predicted molar refractivity (Wildman–Crippen MR) is 117 cm³/mol. The van der Waals surface area contributed by atoms with Gasteiger partial charge in [-0.25, -0.2) is 4.79 Å². The summed E-state index contributed by atoms with van der Waals surface area (Å²) in [6, 6.07) is 17.3. The summed E-state index contributed by atoms with van der Waals surface area (Å²) in [6.45, 7) is 10.7. The number of carbonyl (C=O) groups is 2. The molecule has 0 aliphatic carbocycles. The smallest absolute Gasteiger partial charge is 0.348 e. The first-order valence-electron chi connectivity index (χ1n) is 10.2. The largest absolute Gasteiger partial charge is 0.478 e. The van der Waals surface area contributed by atoms with E-state index in [1.807, 2.05) is 42.5 Å². The minimum absolute atomic E-state index is 0.228. The topological polar surface area (TPSA) is 61.8 Å². The van der Waals surface area contributed by atoms with Gasteiger partial charge in [-0.15, -0.1) is 6.58 Å². The van der Waals surface area contributed by atoms with Crippen LogP contribution in [0.3, 0.4) is 0 Å². The number of carbonyl (C=O) groups excluding carboxylic acids is 2. The van der Waals surface area contributed by atoms with Crippen molar-refractivity contribution in [1.29, 1.82) is 0 Å². The van der Waals surface area contributed by atoms with Gasteiger partial charge in [0.25, 0.3) is 0 Å². The van der Waals surface area contributed by atoms with E-state index in [-0.39, 0.29) is 18.6 Å². The Morgan fingerprint density at radius 1 is 0.833 bits per heavy atom. The van der Waals surface area contributed by atoms with Crippen molar-refractivity contribution in [3.05, 3.63) is 67.3 Å². The minimum Gasteiger partial charge on any atom is -0.478 e. The summed E-state index contributed by atoms with van der Waals surface area (Å²) in [4.78, 5) is 25.4. The molecule has 30 heavy (non-hydrogen) atoms. The highest BCUT2D eigenvalue weighted by Gasteiger charge is 2.38. The van der Waals surface area contributed by atoms with E-state index in [1.54, 1.807) is 45.9 Å². The second kappa shape index (κ2) is 11.2. The molecule has 0 N–H and O–H groups in total. The summed E-state index contributed by atoms with van der Waals surface area (Å²) < 4.78 is 16.7. The first-order chi connectivity index (χ1) is 14.3. The monoisotopic (exact) mass is 410 g/mol. The molecule has 160 valence electrons. The second-order valence-electron chi connectivity index (χ2n) is 7.53. The van der Waals surface area contributed by atoms with Crippen molar-refractivity contribution >= 4 is 11.9 Å². The summed E-state index contributed by atoms with van der Waals surface area (Å²) in [5.74, 6) is -1.52. The Morgan fingerprint density at radius 3 is 1.90 bits per heavy atom. The van der Waals surface area contributed by atoms with Crippen LogP contribution in [-0.4, -0.2) is 30.3 Å². The number of ether oxygens (including phenoxy) is 3. The molecular formula is C25H30O5. The summed E-state index contributed by atoms with van der Waals surface area (Å²) in [5, 5.41) is 0. The van der Waals surface area contributed by atoms with Crippen LogP contribution in [0.25, 0.3) is 11.1 Å². The summed E-state index contributed by atoms with van der Waals surface area (Å²) in [7, 11) is 0. The molecule has 0 radical (unpaired) electrons. The lowest BCUT2D eigenvalue weighted by atomic mass is 9.98. The number of hydrogen-bond acceptors (Lipinski definition) is 5. The highest BCUT2D eigenvalue weighted by atomic mass is 16.6. The fourth-order valence-electron chi connectivity index (χ4n) is 2.94. The molecule has 0 aromatic heterocycles. The number of hydrogen-bond donors (Lipinski definition) is 0. The van der Waals surface area contributed by atoms with E-state index in [4.69, 9.17) is 14.2 Å². The van der Waals surface area contributed by atoms with Crippen LogP contribution in [0, 0.1) is 5.92 Å². The van der Waals surface area contributed by atoms with Crippen LogP contribution in [0.4, 0.5) is 0 Å². The lowest BCUT2D eigenvalue weighted by Gasteiger charge is -2.26. The van der Waals surface area contributed by atoms with E-state index in [1.165, 1.54) is 0 Å². The Morgan fingerprint density at radius 2 is 1.37 bits per heavy atom. The zero-order valence-electron chi connectivity index (χ0n) is 18.0. The van der Waals surface area contributed by atoms with Crippen LogP contribution in [0.15, 0.2) is 67.3 Å². The average Bonchev–Trinajstić information content (AvgIpc) is 2.70. The SMILES string of the molecule is C=CC[C@H](C(=O)OC(C)C)[C@@H](Oc1ccc(-c2ccccc2)cc1)C(=O)OC(C)C. The van der Waals surface area contributed by atoms with Crippen molar-refractivity contribution in [2.75, 3.05) is 0 Å². The highest BCUT2D eigenvalue weighted by Crippen LogP contribution is 2.26. The molecule has 0 heterocycles. The van der Waals surface area contributed by atoms with Crippen molar-refractivity contribution in [3.8, 4) is 16.9 Å². The minimum atomic E-state index is -1.14. The molecule has 0 bridgehead atoms. The van der Waals surface area contributed by atoms with Crippen LogP contribution in [0.5, 0.6) is 5.75 Å². The van der Waals surface area contributed by atoms with Crippen LogP contribution in [0.2, 0.25) is 0 Å². The molecule has 5 nitrogen and oxygen atoms in total. The van der Waals surface area contributed by atoms with E-state index in [9.17, 15) is 9.59 Å². The Bertz CT molecular complexity index is 824. The van der Waals surface area contributed by atoms with Gasteiger partial charge < -0.3 is 14.2 Å². The van der Waals surface area contributed by atoms with Gasteiger partial charge in [-0.2, -0.15) is 0 Å². The molecule has 0 spiro atoms.